The molecular formula is C58H113NO5. The fourth-order valence-corrected chi connectivity index (χ4v) is 9.11. The van der Waals surface area contributed by atoms with Crippen molar-refractivity contribution in [3.63, 3.8) is 0 Å². The molecule has 0 rings (SSSR count). The fourth-order valence-electron chi connectivity index (χ4n) is 9.11. The van der Waals surface area contributed by atoms with E-state index in [1.165, 1.54) is 238 Å². The van der Waals surface area contributed by atoms with Gasteiger partial charge in [0.05, 0.1) is 25.4 Å². The van der Waals surface area contributed by atoms with Gasteiger partial charge < -0.3 is 20.3 Å². The Hall–Kier alpha value is -1.40. The predicted molar refractivity (Wildman–Crippen MR) is 278 cm³/mol. The molecule has 3 N–H and O–H groups in total. The van der Waals surface area contributed by atoms with E-state index in [9.17, 15) is 19.8 Å². The summed E-state index contributed by atoms with van der Waals surface area (Å²) in [6.45, 7) is 4.87. The minimum Gasteiger partial charge on any atom is -0.466 e. The normalized spacial score (nSPS) is 12.6. The van der Waals surface area contributed by atoms with Crippen molar-refractivity contribution in [1.29, 1.82) is 0 Å². The molecule has 1 amide bonds. The van der Waals surface area contributed by atoms with Gasteiger partial charge in [-0.15, -0.1) is 0 Å². The monoisotopic (exact) mass is 904 g/mol. The van der Waals surface area contributed by atoms with Crippen LogP contribution in [0.2, 0.25) is 0 Å². The van der Waals surface area contributed by atoms with Gasteiger partial charge in [0, 0.05) is 12.8 Å². The first-order chi connectivity index (χ1) is 31.5. The Bertz CT molecular complexity index is 955. The van der Waals surface area contributed by atoms with Crippen molar-refractivity contribution in [2.45, 2.75) is 334 Å². The molecule has 0 saturated heterocycles. The van der Waals surface area contributed by atoms with Crippen LogP contribution in [0.25, 0.3) is 0 Å². The third kappa shape index (κ3) is 50.0. The lowest BCUT2D eigenvalue weighted by Gasteiger charge is -2.20. The maximum Gasteiger partial charge on any atom is 0.305 e. The van der Waals surface area contributed by atoms with Gasteiger partial charge in [-0.25, -0.2) is 0 Å². The van der Waals surface area contributed by atoms with Gasteiger partial charge in [-0.05, 0) is 32.1 Å². The standard InChI is InChI=1S/C58H113NO5/c1-3-5-7-9-11-13-15-17-19-21-22-23-24-26-27-29-31-34-38-42-46-50-56(61)55(54-60)59-57(62)51-47-43-39-35-33-37-41-45-49-53-64-58(63)52-48-44-40-36-32-30-28-25-20-18-16-14-12-10-8-6-4-2/h46,50,55-56,60-61H,3-45,47-49,51-54H2,1-2H3,(H,59,62)/b50-46+. The van der Waals surface area contributed by atoms with E-state index in [2.05, 4.69) is 19.2 Å². The lowest BCUT2D eigenvalue weighted by Crippen LogP contribution is -2.45. The Morgan fingerprint density at radius 1 is 0.422 bits per heavy atom. The van der Waals surface area contributed by atoms with Gasteiger partial charge in [-0.3, -0.25) is 9.59 Å². The van der Waals surface area contributed by atoms with Gasteiger partial charge in [-0.1, -0.05) is 289 Å². The van der Waals surface area contributed by atoms with Crippen LogP contribution in [0.4, 0.5) is 0 Å². The highest BCUT2D eigenvalue weighted by molar-refractivity contribution is 5.76. The van der Waals surface area contributed by atoms with Gasteiger partial charge >= 0.3 is 5.97 Å². The van der Waals surface area contributed by atoms with Gasteiger partial charge in [-0.2, -0.15) is 0 Å². The van der Waals surface area contributed by atoms with E-state index in [-0.39, 0.29) is 18.5 Å². The van der Waals surface area contributed by atoms with Crippen molar-refractivity contribution in [3.05, 3.63) is 12.2 Å². The Balaban J connectivity index is 3.49. The molecule has 0 bridgehead atoms. The number of hydrogen-bond acceptors (Lipinski definition) is 5. The molecule has 0 saturated carbocycles. The lowest BCUT2D eigenvalue weighted by molar-refractivity contribution is -0.143. The summed E-state index contributed by atoms with van der Waals surface area (Å²) in [5.74, 6) is -0.114. The maximum atomic E-state index is 12.5. The number of allylic oxidation sites excluding steroid dienone is 1. The highest BCUT2D eigenvalue weighted by Crippen LogP contribution is 2.17. The van der Waals surface area contributed by atoms with Crippen molar-refractivity contribution in [1.82, 2.24) is 5.32 Å². The van der Waals surface area contributed by atoms with Crippen molar-refractivity contribution in [3.8, 4) is 0 Å². The molecule has 0 heterocycles. The SMILES string of the molecule is CCCCCCCCCCCCCCCCCCCCC/C=C/C(O)C(CO)NC(=O)CCCCCCCCCCCOC(=O)CCCCCCCCCCCCCCCCCCC. The van der Waals surface area contributed by atoms with E-state index < -0.39 is 12.1 Å². The van der Waals surface area contributed by atoms with Gasteiger partial charge in [0.1, 0.15) is 0 Å². The summed E-state index contributed by atoms with van der Waals surface area (Å²) in [6, 6.07) is -0.647. The van der Waals surface area contributed by atoms with Crippen LogP contribution >= 0.6 is 0 Å². The second kappa shape index (κ2) is 54.2. The Labute approximate surface area is 399 Å². The molecule has 0 aromatic rings. The van der Waals surface area contributed by atoms with E-state index in [1.807, 2.05) is 6.08 Å². The summed E-state index contributed by atoms with van der Waals surface area (Å²) in [5, 5.41) is 23.1. The zero-order valence-electron chi connectivity index (χ0n) is 43.3. The van der Waals surface area contributed by atoms with E-state index >= 15 is 0 Å². The number of carbonyl (C=O) groups excluding carboxylic acids is 2. The first kappa shape index (κ1) is 62.6. The molecule has 2 unspecified atom stereocenters. The molecule has 0 spiro atoms. The van der Waals surface area contributed by atoms with Crippen LogP contribution in [0.3, 0.4) is 0 Å². The lowest BCUT2D eigenvalue weighted by atomic mass is 10.0. The Morgan fingerprint density at radius 3 is 1.06 bits per heavy atom. The molecule has 2 atom stereocenters. The van der Waals surface area contributed by atoms with Crippen LogP contribution in [0, 0.1) is 0 Å². The third-order valence-electron chi connectivity index (χ3n) is 13.6. The smallest absolute Gasteiger partial charge is 0.305 e. The number of nitrogens with one attached hydrogen (secondary N) is 1. The van der Waals surface area contributed by atoms with Crippen LogP contribution in [-0.4, -0.2) is 47.4 Å². The largest absolute Gasteiger partial charge is 0.466 e. The second-order valence-electron chi connectivity index (χ2n) is 20.0. The number of rotatable bonds is 54. The summed E-state index contributed by atoms with van der Waals surface area (Å²) in [7, 11) is 0. The summed E-state index contributed by atoms with van der Waals surface area (Å²) >= 11 is 0. The van der Waals surface area contributed by atoms with Crippen LogP contribution in [-0.2, 0) is 14.3 Å². The Kier molecular flexibility index (Phi) is 53.0. The van der Waals surface area contributed by atoms with Crippen LogP contribution < -0.4 is 5.32 Å². The molecule has 0 aromatic carbocycles. The fraction of sp³-hybridized carbons (Fsp3) is 0.931. The molecular weight excluding hydrogens is 791 g/mol. The molecule has 0 fully saturated rings. The summed E-state index contributed by atoms with van der Waals surface area (Å²) in [4.78, 5) is 24.6. The van der Waals surface area contributed by atoms with E-state index in [0.717, 1.165) is 57.8 Å². The second-order valence-corrected chi connectivity index (χ2v) is 20.0. The van der Waals surface area contributed by atoms with Crippen molar-refractivity contribution in [2.24, 2.45) is 0 Å². The average Bonchev–Trinajstić information content (AvgIpc) is 3.29. The topological polar surface area (TPSA) is 95.9 Å². The van der Waals surface area contributed by atoms with E-state index in [4.69, 9.17) is 4.74 Å². The first-order valence-corrected chi connectivity index (χ1v) is 29.0. The zero-order valence-corrected chi connectivity index (χ0v) is 43.3. The molecule has 0 aliphatic rings. The minimum atomic E-state index is -0.861. The highest BCUT2D eigenvalue weighted by atomic mass is 16.5. The molecule has 6 heteroatoms. The van der Waals surface area contributed by atoms with Crippen LogP contribution in [0.15, 0.2) is 12.2 Å². The number of aliphatic hydroxyl groups is 2. The van der Waals surface area contributed by atoms with E-state index in [0.29, 0.717) is 19.4 Å². The number of aliphatic hydroxyl groups excluding tert-OH is 2. The van der Waals surface area contributed by atoms with Gasteiger partial charge in [0.25, 0.3) is 0 Å². The first-order valence-electron chi connectivity index (χ1n) is 29.0. The number of ether oxygens (including phenoxy) is 1. The van der Waals surface area contributed by atoms with Crippen molar-refractivity contribution >= 4 is 11.9 Å². The van der Waals surface area contributed by atoms with Crippen molar-refractivity contribution in [2.75, 3.05) is 13.2 Å². The molecule has 6 nitrogen and oxygen atoms in total. The number of unbranched alkanes of at least 4 members (excludes halogenated alkanes) is 43. The summed E-state index contributed by atoms with van der Waals surface area (Å²) in [5.41, 5.74) is 0. The number of esters is 1. The summed E-state index contributed by atoms with van der Waals surface area (Å²) in [6.07, 6.45) is 63.7. The Morgan fingerprint density at radius 2 is 0.719 bits per heavy atom. The molecule has 64 heavy (non-hydrogen) atoms. The third-order valence-corrected chi connectivity index (χ3v) is 13.6. The number of carbonyl (C=O) groups is 2. The molecule has 0 aromatic heterocycles. The molecule has 0 aliphatic carbocycles. The minimum absolute atomic E-state index is 0.0224. The maximum absolute atomic E-state index is 12.5. The molecule has 0 aliphatic heterocycles. The van der Waals surface area contributed by atoms with Crippen LogP contribution in [0.5, 0.6) is 0 Å². The summed E-state index contributed by atoms with van der Waals surface area (Å²) < 4.78 is 5.47. The number of hydrogen-bond donors (Lipinski definition) is 3. The van der Waals surface area contributed by atoms with Crippen LogP contribution in [0.1, 0.15) is 322 Å². The van der Waals surface area contributed by atoms with Gasteiger partial charge in [0.2, 0.25) is 5.91 Å². The highest BCUT2D eigenvalue weighted by Gasteiger charge is 2.18. The number of amides is 1. The predicted octanol–water partition coefficient (Wildman–Crippen LogP) is 17.7. The zero-order chi connectivity index (χ0) is 46.5. The molecule has 380 valence electrons. The van der Waals surface area contributed by atoms with E-state index in [1.54, 1.807) is 6.08 Å². The van der Waals surface area contributed by atoms with Crippen molar-refractivity contribution < 1.29 is 24.5 Å². The average molecular weight is 905 g/mol. The van der Waals surface area contributed by atoms with Gasteiger partial charge in [0.15, 0.2) is 0 Å². The molecule has 0 radical (unpaired) electrons. The quantitative estimate of drug-likeness (QED) is 0.0321.